The van der Waals surface area contributed by atoms with E-state index < -0.39 is 18.2 Å². The van der Waals surface area contributed by atoms with Crippen LogP contribution in [0, 0.1) is 5.41 Å². The summed E-state index contributed by atoms with van der Waals surface area (Å²) in [5.41, 5.74) is 0.190. The first-order valence-electron chi connectivity index (χ1n) is 7.06. The minimum Gasteiger partial charge on any atom is -0.465 e. The Kier molecular flexibility index (Phi) is 4.21. The molecule has 0 saturated carbocycles. The number of carbonyl (C=O) groups is 2. The van der Waals surface area contributed by atoms with E-state index in [2.05, 4.69) is 0 Å². The Balaban J connectivity index is 2.15. The molecular weight excluding hydrogens is 270 g/mol. The van der Waals surface area contributed by atoms with Gasteiger partial charge in [0.2, 0.25) is 0 Å². The lowest BCUT2D eigenvalue weighted by molar-refractivity contribution is 0.00166. The highest BCUT2D eigenvalue weighted by atomic mass is 16.5. The largest absolute Gasteiger partial charge is 0.465 e. The molecule has 114 valence electrons. The van der Waals surface area contributed by atoms with Crippen molar-refractivity contribution in [3.8, 4) is 0 Å². The van der Waals surface area contributed by atoms with Crippen LogP contribution in [0.15, 0.2) is 30.3 Å². The van der Waals surface area contributed by atoms with Gasteiger partial charge in [-0.25, -0.2) is 9.59 Å². The van der Waals surface area contributed by atoms with Gasteiger partial charge in [0.25, 0.3) is 0 Å². The molecule has 1 amide bonds. The summed E-state index contributed by atoms with van der Waals surface area (Å²) < 4.78 is 5.57. The van der Waals surface area contributed by atoms with Gasteiger partial charge in [-0.2, -0.15) is 0 Å². The molecule has 5 nitrogen and oxygen atoms in total. The van der Waals surface area contributed by atoms with E-state index in [1.807, 2.05) is 26.8 Å². The Morgan fingerprint density at radius 3 is 2.38 bits per heavy atom. The molecule has 0 aromatic heterocycles. The van der Waals surface area contributed by atoms with Crippen molar-refractivity contribution in [2.45, 2.75) is 39.3 Å². The van der Waals surface area contributed by atoms with E-state index in [1.54, 1.807) is 24.3 Å². The van der Waals surface area contributed by atoms with Gasteiger partial charge in [-0.05, 0) is 17.5 Å². The van der Waals surface area contributed by atoms with E-state index >= 15 is 0 Å². The highest BCUT2D eigenvalue weighted by Crippen LogP contribution is 2.35. The molecule has 1 fully saturated rings. The van der Waals surface area contributed by atoms with Crippen LogP contribution in [0.4, 0.5) is 4.79 Å². The molecule has 1 N–H and O–H groups in total. The quantitative estimate of drug-likeness (QED) is 0.851. The van der Waals surface area contributed by atoms with Crippen molar-refractivity contribution >= 4 is 12.1 Å². The van der Waals surface area contributed by atoms with E-state index in [1.165, 1.54) is 4.90 Å². The standard InChI is InChI=1S/C16H21NO4/c1-16(2,3)13-12(9-10-17(13)15(19)20)21-14(18)11-7-5-4-6-8-11/h4-8,12-13H,9-10H2,1-3H3,(H,19,20)/t12-,13?/m0/s1. The molecule has 5 heteroatoms. The van der Waals surface area contributed by atoms with Crippen LogP contribution in [0.3, 0.4) is 0 Å². The van der Waals surface area contributed by atoms with Crippen LogP contribution in [0.25, 0.3) is 0 Å². The molecule has 1 unspecified atom stereocenters. The zero-order chi connectivity index (χ0) is 15.6. The molecule has 21 heavy (non-hydrogen) atoms. The fraction of sp³-hybridized carbons (Fsp3) is 0.500. The van der Waals surface area contributed by atoms with Crippen LogP contribution >= 0.6 is 0 Å². The summed E-state index contributed by atoms with van der Waals surface area (Å²) in [4.78, 5) is 24.9. The number of carbonyl (C=O) groups excluding carboxylic acids is 1. The molecule has 1 saturated heterocycles. The maximum atomic E-state index is 12.2. The highest BCUT2D eigenvalue weighted by Gasteiger charge is 2.46. The third kappa shape index (κ3) is 3.35. The minimum atomic E-state index is -0.965. The van der Waals surface area contributed by atoms with Crippen molar-refractivity contribution in [3.05, 3.63) is 35.9 Å². The summed E-state index contributed by atoms with van der Waals surface area (Å²) in [6, 6.07) is 8.43. The first kappa shape index (κ1) is 15.4. The first-order valence-corrected chi connectivity index (χ1v) is 7.06. The number of nitrogens with zero attached hydrogens (tertiary/aromatic N) is 1. The minimum absolute atomic E-state index is 0.295. The Morgan fingerprint density at radius 1 is 1.24 bits per heavy atom. The maximum absolute atomic E-state index is 12.2. The summed E-state index contributed by atoms with van der Waals surface area (Å²) >= 11 is 0. The van der Waals surface area contributed by atoms with Crippen LogP contribution in [0.5, 0.6) is 0 Å². The molecule has 0 spiro atoms. The number of hydrogen-bond donors (Lipinski definition) is 1. The lowest BCUT2D eigenvalue weighted by Gasteiger charge is -2.36. The number of benzene rings is 1. The Hall–Kier alpha value is -2.04. The average Bonchev–Trinajstić information content (AvgIpc) is 2.83. The maximum Gasteiger partial charge on any atom is 0.407 e. The summed E-state index contributed by atoms with van der Waals surface area (Å²) in [6.45, 7) is 6.27. The van der Waals surface area contributed by atoms with Gasteiger partial charge < -0.3 is 14.7 Å². The summed E-state index contributed by atoms with van der Waals surface area (Å²) in [6.07, 6.45) is -0.839. The lowest BCUT2D eigenvalue weighted by Crippen LogP contribution is -2.48. The van der Waals surface area contributed by atoms with Gasteiger partial charge in [-0.15, -0.1) is 0 Å². The number of esters is 1. The van der Waals surface area contributed by atoms with Gasteiger partial charge in [0.1, 0.15) is 6.10 Å². The van der Waals surface area contributed by atoms with Crippen LogP contribution in [0.2, 0.25) is 0 Å². The monoisotopic (exact) mass is 291 g/mol. The fourth-order valence-electron chi connectivity index (χ4n) is 2.91. The molecule has 1 aliphatic heterocycles. The van der Waals surface area contributed by atoms with Gasteiger partial charge in [0.15, 0.2) is 0 Å². The van der Waals surface area contributed by atoms with Gasteiger partial charge in [0.05, 0.1) is 11.6 Å². The van der Waals surface area contributed by atoms with Gasteiger partial charge in [0, 0.05) is 13.0 Å². The third-order valence-electron chi connectivity index (χ3n) is 3.74. The van der Waals surface area contributed by atoms with Crippen molar-refractivity contribution in [3.63, 3.8) is 0 Å². The zero-order valence-corrected chi connectivity index (χ0v) is 12.6. The number of carboxylic acid groups (broad SMARTS) is 1. The smallest absolute Gasteiger partial charge is 0.407 e. The van der Waals surface area contributed by atoms with Crippen molar-refractivity contribution in [1.29, 1.82) is 0 Å². The molecule has 2 atom stereocenters. The number of ether oxygens (including phenoxy) is 1. The van der Waals surface area contributed by atoms with E-state index in [-0.39, 0.29) is 11.5 Å². The first-order chi connectivity index (χ1) is 9.80. The second-order valence-corrected chi connectivity index (χ2v) is 6.39. The molecule has 0 bridgehead atoms. The Labute approximate surface area is 124 Å². The second-order valence-electron chi connectivity index (χ2n) is 6.39. The van der Waals surface area contributed by atoms with Gasteiger partial charge >= 0.3 is 12.1 Å². The van der Waals surface area contributed by atoms with Crippen molar-refractivity contribution in [2.24, 2.45) is 5.41 Å². The molecule has 2 rings (SSSR count). The molecular formula is C16H21NO4. The summed E-state index contributed by atoms with van der Waals surface area (Å²) in [5, 5.41) is 9.30. The van der Waals surface area contributed by atoms with E-state index in [0.717, 1.165) is 0 Å². The average molecular weight is 291 g/mol. The van der Waals surface area contributed by atoms with Crippen LogP contribution in [-0.4, -0.2) is 40.8 Å². The fourth-order valence-corrected chi connectivity index (χ4v) is 2.91. The molecule has 0 aliphatic carbocycles. The van der Waals surface area contributed by atoms with Crippen LogP contribution < -0.4 is 0 Å². The predicted molar refractivity (Wildman–Crippen MR) is 78.2 cm³/mol. The Morgan fingerprint density at radius 2 is 1.86 bits per heavy atom. The summed E-state index contributed by atoms with van der Waals surface area (Å²) in [7, 11) is 0. The van der Waals surface area contributed by atoms with Crippen molar-refractivity contribution in [2.75, 3.05) is 6.54 Å². The van der Waals surface area contributed by atoms with Crippen molar-refractivity contribution < 1.29 is 19.4 Å². The normalized spacial score (nSPS) is 22.1. The topological polar surface area (TPSA) is 66.8 Å². The number of likely N-dealkylation sites (tertiary alicyclic amines) is 1. The van der Waals surface area contributed by atoms with Crippen LogP contribution in [-0.2, 0) is 4.74 Å². The molecule has 1 aromatic rings. The lowest BCUT2D eigenvalue weighted by atomic mass is 9.84. The van der Waals surface area contributed by atoms with Crippen molar-refractivity contribution in [1.82, 2.24) is 4.90 Å². The highest BCUT2D eigenvalue weighted by molar-refractivity contribution is 5.89. The summed E-state index contributed by atoms with van der Waals surface area (Å²) in [5.74, 6) is -0.401. The van der Waals surface area contributed by atoms with Crippen LogP contribution in [0.1, 0.15) is 37.6 Å². The number of hydrogen-bond acceptors (Lipinski definition) is 3. The molecule has 0 radical (unpaired) electrons. The van der Waals surface area contributed by atoms with Gasteiger partial charge in [-0.3, -0.25) is 0 Å². The Bertz CT molecular complexity index is 521. The van der Waals surface area contributed by atoms with Gasteiger partial charge in [-0.1, -0.05) is 39.0 Å². The SMILES string of the molecule is CC(C)(C)C1[C@@H](OC(=O)c2ccccc2)CCN1C(=O)O. The number of amides is 1. The number of rotatable bonds is 2. The van der Waals surface area contributed by atoms with E-state index in [4.69, 9.17) is 4.74 Å². The zero-order valence-electron chi connectivity index (χ0n) is 12.6. The van der Waals surface area contributed by atoms with E-state index in [0.29, 0.717) is 18.5 Å². The molecule has 1 aliphatic rings. The molecule has 1 heterocycles. The second kappa shape index (κ2) is 5.76. The molecule has 1 aromatic carbocycles. The van der Waals surface area contributed by atoms with E-state index in [9.17, 15) is 14.7 Å². The third-order valence-corrected chi connectivity index (χ3v) is 3.74. The predicted octanol–water partition coefficient (Wildman–Crippen LogP) is 3.01.